The van der Waals surface area contributed by atoms with Gasteiger partial charge in [0.25, 0.3) is 0 Å². The predicted molar refractivity (Wildman–Crippen MR) is 47.0 cm³/mol. The van der Waals surface area contributed by atoms with Crippen LogP contribution in [0.25, 0.3) is 0 Å². The van der Waals surface area contributed by atoms with Crippen LogP contribution < -0.4 is 10.1 Å². The topological polar surface area (TPSA) is 45.0 Å². The van der Waals surface area contributed by atoms with Crippen molar-refractivity contribution in [3.05, 3.63) is 23.8 Å². The summed E-state index contributed by atoms with van der Waals surface area (Å²) in [6.45, 7) is 1.93. The molecule has 0 aliphatic heterocycles. The Labute approximate surface area is 71.6 Å². The van der Waals surface area contributed by atoms with Crippen LogP contribution in [0.3, 0.4) is 0 Å². The number of hydrogen-bond donors (Lipinski definition) is 1. The molecule has 0 spiro atoms. The Kier molecular flexibility index (Phi) is 2.54. The van der Waals surface area contributed by atoms with Gasteiger partial charge < -0.3 is 4.74 Å². The average molecular weight is 162 g/mol. The molecular formula is C9H10N2O. The number of ether oxygens (including phenoxy) is 1. The van der Waals surface area contributed by atoms with E-state index in [-0.39, 0.29) is 0 Å². The molecule has 3 nitrogen and oxygen atoms in total. The highest BCUT2D eigenvalue weighted by atomic mass is 16.5. The van der Waals surface area contributed by atoms with Crippen LogP contribution in [0.4, 0.5) is 5.69 Å². The van der Waals surface area contributed by atoms with Gasteiger partial charge in [-0.2, -0.15) is 5.26 Å². The Hall–Kier alpha value is -1.69. The molecule has 0 saturated carbocycles. The Morgan fingerprint density at radius 3 is 2.75 bits per heavy atom. The molecule has 0 aromatic heterocycles. The molecule has 0 aliphatic rings. The van der Waals surface area contributed by atoms with Gasteiger partial charge in [0.15, 0.2) is 6.19 Å². The monoisotopic (exact) mass is 162 g/mol. The maximum absolute atomic E-state index is 8.34. The summed E-state index contributed by atoms with van der Waals surface area (Å²) in [5.74, 6) is 0.832. The van der Waals surface area contributed by atoms with Crippen molar-refractivity contribution in [3.63, 3.8) is 0 Å². The standard InChI is InChI=1S/C9H10N2O/c1-7-5-8(11-6-10)3-4-9(7)12-2/h3-5,11H,1-2H3. The summed E-state index contributed by atoms with van der Waals surface area (Å²) in [6.07, 6.45) is 1.86. The number of nitriles is 1. The lowest BCUT2D eigenvalue weighted by atomic mass is 10.2. The van der Waals surface area contributed by atoms with Gasteiger partial charge in [0.2, 0.25) is 0 Å². The third-order valence-electron chi connectivity index (χ3n) is 1.60. The number of benzene rings is 1. The zero-order chi connectivity index (χ0) is 8.97. The minimum absolute atomic E-state index is 0.788. The fourth-order valence-electron chi connectivity index (χ4n) is 1.02. The summed E-state index contributed by atoms with van der Waals surface area (Å²) in [5, 5.41) is 10.9. The normalized spacial score (nSPS) is 8.75. The number of aryl methyl sites for hydroxylation is 1. The van der Waals surface area contributed by atoms with Crippen molar-refractivity contribution in [1.29, 1.82) is 5.26 Å². The fourth-order valence-corrected chi connectivity index (χ4v) is 1.02. The molecule has 1 rings (SSSR count). The number of methoxy groups -OCH3 is 1. The highest BCUT2D eigenvalue weighted by Crippen LogP contribution is 2.20. The van der Waals surface area contributed by atoms with E-state index in [9.17, 15) is 0 Å². The lowest BCUT2D eigenvalue weighted by molar-refractivity contribution is 0.412. The van der Waals surface area contributed by atoms with Crippen molar-refractivity contribution in [3.8, 4) is 11.9 Å². The van der Waals surface area contributed by atoms with Crippen molar-refractivity contribution < 1.29 is 4.74 Å². The molecule has 1 N–H and O–H groups in total. The predicted octanol–water partition coefficient (Wildman–Crippen LogP) is 1.90. The molecule has 0 aliphatic carbocycles. The van der Waals surface area contributed by atoms with E-state index < -0.39 is 0 Å². The molecule has 0 atom stereocenters. The van der Waals surface area contributed by atoms with Gasteiger partial charge in [-0.1, -0.05) is 0 Å². The first-order chi connectivity index (χ1) is 5.77. The highest BCUT2D eigenvalue weighted by molar-refractivity contribution is 5.52. The van der Waals surface area contributed by atoms with Gasteiger partial charge >= 0.3 is 0 Å². The summed E-state index contributed by atoms with van der Waals surface area (Å²) >= 11 is 0. The Morgan fingerprint density at radius 2 is 2.25 bits per heavy atom. The van der Waals surface area contributed by atoms with Crippen LogP contribution in [0.5, 0.6) is 5.75 Å². The Bertz CT molecular complexity index is 315. The van der Waals surface area contributed by atoms with Gasteiger partial charge in [-0.05, 0) is 30.7 Å². The molecule has 0 radical (unpaired) electrons. The van der Waals surface area contributed by atoms with Gasteiger partial charge in [-0.25, -0.2) is 0 Å². The summed E-state index contributed by atoms with van der Waals surface area (Å²) in [5.41, 5.74) is 1.80. The number of nitrogens with zero attached hydrogens (tertiary/aromatic N) is 1. The van der Waals surface area contributed by atoms with Crippen LogP contribution in [0.2, 0.25) is 0 Å². The second-order valence-electron chi connectivity index (χ2n) is 2.42. The van der Waals surface area contributed by atoms with Gasteiger partial charge in [-0.3, -0.25) is 5.32 Å². The van der Waals surface area contributed by atoms with E-state index in [1.807, 2.05) is 25.2 Å². The van der Waals surface area contributed by atoms with Crippen molar-refractivity contribution in [1.82, 2.24) is 0 Å². The zero-order valence-electron chi connectivity index (χ0n) is 7.09. The molecule has 3 heteroatoms. The maximum atomic E-state index is 8.34. The molecule has 12 heavy (non-hydrogen) atoms. The van der Waals surface area contributed by atoms with Crippen LogP contribution in [0.15, 0.2) is 18.2 Å². The van der Waals surface area contributed by atoms with Gasteiger partial charge in [-0.15, -0.1) is 0 Å². The first-order valence-electron chi connectivity index (χ1n) is 3.57. The van der Waals surface area contributed by atoms with Gasteiger partial charge in [0, 0.05) is 5.69 Å². The van der Waals surface area contributed by atoms with Crippen LogP contribution in [0.1, 0.15) is 5.56 Å². The number of rotatable bonds is 2. The van der Waals surface area contributed by atoms with E-state index in [0.29, 0.717) is 0 Å². The van der Waals surface area contributed by atoms with E-state index in [1.54, 1.807) is 13.2 Å². The third kappa shape index (κ3) is 1.67. The van der Waals surface area contributed by atoms with Crippen molar-refractivity contribution in [2.75, 3.05) is 12.4 Å². The average Bonchev–Trinajstić information content (AvgIpc) is 2.05. The van der Waals surface area contributed by atoms with Crippen molar-refractivity contribution in [2.24, 2.45) is 0 Å². The van der Waals surface area contributed by atoms with E-state index in [4.69, 9.17) is 10.00 Å². The third-order valence-corrected chi connectivity index (χ3v) is 1.60. The van der Waals surface area contributed by atoms with E-state index in [1.165, 1.54) is 0 Å². The summed E-state index contributed by atoms with van der Waals surface area (Å²) in [7, 11) is 1.62. The largest absolute Gasteiger partial charge is 0.496 e. The fraction of sp³-hybridized carbons (Fsp3) is 0.222. The zero-order valence-corrected chi connectivity index (χ0v) is 7.09. The summed E-state index contributed by atoms with van der Waals surface area (Å²) in [6, 6.07) is 5.49. The molecule has 1 aromatic carbocycles. The summed E-state index contributed by atoms with van der Waals surface area (Å²) in [4.78, 5) is 0. The molecule has 0 fully saturated rings. The summed E-state index contributed by atoms with van der Waals surface area (Å²) < 4.78 is 5.07. The van der Waals surface area contributed by atoms with Crippen LogP contribution >= 0.6 is 0 Å². The molecular weight excluding hydrogens is 152 g/mol. The molecule has 0 heterocycles. The van der Waals surface area contributed by atoms with Crippen LogP contribution in [0, 0.1) is 18.4 Å². The highest BCUT2D eigenvalue weighted by Gasteiger charge is 1.97. The smallest absolute Gasteiger partial charge is 0.181 e. The molecule has 1 aromatic rings. The van der Waals surface area contributed by atoms with Gasteiger partial charge in [0.05, 0.1) is 7.11 Å². The minimum atomic E-state index is 0.788. The second-order valence-corrected chi connectivity index (χ2v) is 2.42. The molecule has 0 unspecified atom stereocenters. The number of anilines is 1. The Morgan fingerprint density at radius 1 is 1.50 bits per heavy atom. The van der Waals surface area contributed by atoms with E-state index >= 15 is 0 Å². The number of nitrogens with one attached hydrogen (secondary N) is 1. The Balaban J connectivity index is 2.95. The van der Waals surface area contributed by atoms with Crippen LogP contribution in [-0.4, -0.2) is 7.11 Å². The second kappa shape index (κ2) is 3.63. The molecule has 0 bridgehead atoms. The van der Waals surface area contributed by atoms with Crippen molar-refractivity contribution in [2.45, 2.75) is 6.92 Å². The van der Waals surface area contributed by atoms with Gasteiger partial charge in [0.1, 0.15) is 5.75 Å². The molecule has 0 saturated heterocycles. The minimum Gasteiger partial charge on any atom is -0.496 e. The lowest BCUT2D eigenvalue weighted by Gasteiger charge is -2.05. The van der Waals surface area contributed by atoms with Crippen LogP contribution in [-0.2, 0) is 0 Å². The SMILES string of the molecule is COc1ccc(NC#N)cc1C. The lowest BCUT2D eigenvalue weighted by Crippen LogP contribution is -1.90. The molecule has 0 amide bonds. The quantitative estimate of drug-likeness (QED) is 0.533. The van der Waals surface area contributed by atoms with E-state index in [2.05, 4.69) is 5.32 Å². The van der Waals surface area contributed by atoms with Crippen molar-refractivity contribution >= 4 is 5.69 Å². The first kappa shape index (κ1) is 8.41. The first-order valence-corrected chi connectivity index (χ1v) is 3.57. The number of hydrogen-bond acceptors (Lipinski definition) is 3. The van der Waals surface area contributed by atoms with E-state index in [0.717, 1.165) is 17.0 Å². The maximum Gasteiger partial charge on any atom is 0.181 e. The molecule has 62 valence electrons.